The zero-order valence-electron chi connectivity index (χ0n) is 16.4. The molecule has 2 aromatic carbocycles. The summed E-state index contributed by atoms with van der Waals surface area (Å²) >= 11 is 0. The highest BCUT2D eigenvalue weighted by atomic mass is 19.1. The van der Waals surface area contributed by atoms with Gasteiger partial charge in [0.1, 0.15) is 5.82 Å². The van der Waals surface area contributed by atoms with Crippen LogP contribution in [0.3, 0.4) is 0 Å². The van der Waals surface area contributed by atoms with Crippen molar-refractivity contribution in [3.05, 3.63) is 65.5 Å². The van der Waals surface area contributed by atoms with Crippen molar-refractivity contribution in [3.8, 4) is 0 Å². The van der Waals surface area contributed by atoms with Crippen LogP contribution in [0.4, 0.5) is 15.8 Å². The Labute approximate surface area is 157 Å². The van der Waals surface area contributed by atoms with E-state index in [0.717, 1.165) is 31.5 Å². The van der Waals surface area contributed by atoms with E-state index >= 15 is 0 Å². The third kappa shape index (κ3) is 4.66. The predicted molar refractivity (Wildman–Crippen MR) is 112 cm³/mol. The van der Waals surface area contributed by atoms with Crippen LogP contribution in [-0.2, 0) is 5.41 Å². The van der Waals surface area contributed by atoms with Crippen LogP contribution in [0, 0.1) is 5.82 Å². The minimum absolute atomic E-state index is 0.177. The molecule has 0 aliphatic carbocycles. The molecule has 1 unspecified atom stereocenters. The number of halogens is 1. The number of hydrogen-bond acceptors (Lipinski definition) is 2. The Morgan fingerprint density at radius 3 is 2.27 bits per heavy atom. The van der Waals surface area contributed by atoms with Crippen molar-refractivity contribution in [2.24, 2.45) is 0 Å². The quantitative estimate of drug-likeness (QED) is 0.587. The predicted octanol–water partition coefficient (Wildman–Crippen LogP) is 6.03. The number of nitrogens with two attached hydrogens (primary N) is 1. The van der Waals surface area contributed by atoms with Gasteiger partial charge in [0.2, 0.25) is 0 Å². The fourth-order valence-corrected chi connectivity index (χ4v) is 3.34. The minimum Gasteiger partial charge on any atom is -0.398 e. The van der Waals surface area contributed by atoms with Gasteiger partial charge in [0.05, 0.1) is 0 Å². The lowest BCUT2D eigenvalue weighted by molar-refractivity contribution is 0.459. The van der Waals surface area contributed by atoms with E-state index in [9.17, 15) is 4.39 Å². The Kier molecular flexibility index (Phi) is 6.84. The first-order chi connectivity index (χ1) is 12.4. The lowest BCUT2D eigenvalue weighted by Gasteiger charge is -2.29. The molecule has 3 heteroatoms. The van der Waals surface area contributed by atoms with Crippen molar-refractivity contribution in [1.29, 1.82) is 0 Å². The number of allylic oxidation sites excluding steroid dienone is 1. The minimum atomic E-state index is -0.232. The third-order valence-corrected chi connectivity index (χ3v) is 5.35. The molecule has 0 spiro atoms. The molecule has 26 heavy (non-hydrogen) atoms. The van der Waals surface area contributed by atoms with Crippen LogP contribution in [0.5, 0.6) is 0 Å². The second-order valence-corrected chi connectivity index (χ2v) is 7.02. The molecule has 0 aliphatic rings. The summed E-state index contributed by atoms with van der Waals surface area (Å²) in [6.45, 7) is 10.6. The Morgan fingerprint density at radius 2 is 1.69 bits per heavy atom. The molecule has 0 fully saturated rings. The SMILES string of the molecule is CCN(CC)c1ccc(/C=C/CC(C)(CC)c2cc(F)ccc2N)cc1. The van der Waals surface area contributed by atoms with E-state index in [1.54, 1.807) is 12.1 Å². The van der Waals surface area contributed by atoms with Gasteiger partial charge in [0, 0.05) is 24.5 Å². The van der Waals surface area contributed by atoms with E-state index in [0.29, 0.717) is 5.69 Å². The van der Waals surface area contributed by atoms with Gasteiger partial charge in [-0.15, -0.1) is 0 Å². The van der Waals surface area contributed by atoms with E-state index in [1.165, 1.54) is 17.3 Å². The zero-order valence-corrected chi connectivity index (χ0v) is 16.4. The molecule has 0 aromatic heterocycles. The van der Waals surface area contributed by atoms with Gasteiger partial charge in [-0.3, -0.25) is 0 Å². The normalized spacial score (nSPS) is 13.7. The van der Waals surface area contributed by atoms with Crippen molar-refractivity contribution in [2.75, 3.05) is 23.7 Å². The van der Waals surface area contributed by atoms with Crippen LogP contribution in [0.15, 0.2) is 48.5 Å². The molecule has 0 heterocycles. The van der Waals surface area contributed by atoms with Gasteiger partial charge >= 0.3 is 0 Å². The van der Waals surface area contributed by atoms with Gasteiger partial charge < -0.3 is 10.6 Å². The highest BCUT2D eigenvalue weighted by Crippen LogP contribution is 2.36. The fourth-order valence-electron chi connectivity index (χ4n) is 3.34. The molecular formula is C23H31FN2. The van der Waals surface area contributed by atoms with E-state index in [-0.39, 0.29) is 11.2 Å². The Morgan fingerprint density at radius 1 is 1.04 bits per heavy atom. The van der Waals surface area contributed by atoms with E-state index < -0.39 is 0 Å². The Hall–Kier alpha value is -2.29. The van der Waals surface area contributed by atoms with Crippen LogP contribution >= 0.6 is 0 Å². The van der Waals surface area contributed by atoms with Gasteiger partial charge in [-0.25, -0.2) is 4.39 Å². The molecular weight excluding hydrogens is 323 g/mol. The summed E-state index contributed by atoms with van der Waals surface area (Å²) in [6, 6.07) is 13.3. The topological polar surface area (TPSA) is 29.3 Å². The van der Waals surface area contributed by atoms with Crippen molar-refractivity contribution < 1.29 is 4.39 Å². The molecule has 2 N–H and O–H groups in total. The first kappa shape index (κ1) is 20.0. The summed E-state index contributed by atoms with van der Waals surface area (Å²) in [7, 11) is 0. The van der Waals surface area contributed by atoms with Crippen LogP contribution in [0.1, 0.15) is 51.7 Å². The number of nitrogens with zero attached hydrogens (tertiary/aromatic N) is 1. The lowest BCUT2D eigenvalue weighted by atomic mass is 9.76. The van der Waals surface area contributed by atoms with Crippen LogP contribution in [0.2, 0.25) is 0 Å². The highest BCUT2D eigenvalue weighted by molar-refractivity contribution is 5.57. The van der Waals surface area contributed by atoms with E-state index in [4.69, 9.17) is 5.73 Å². The van der Waals surface area contributed by atoms with E-state index in [2.05, 4.69) is 69.0 Å². The molecule has 0 bridgehead atoms. The number of anilines is 2. The first-order valence-electron chi connectivity index (χ1n) is 9.50. The summed E-state index contributed by atoms with van der Waals surface area (Å²) in [6.07, 6.45) is 6.01. The number of benzene rings is 2. The monoisotopic (exact) mass is 354 g/mol. The average molecular weight is 355 g/mol. The summed E-state index contributed by atoms with van der Waals surface area (Å²) in [5.74, 6) is -0.232. The molecule has 0 amide bonds. The largest absolute Gasteiger partial charge is 0.398 e. The van der Waals surface area contributed by atoms with Crippen molar-refractivity contribution in [3.63, 3.8) is 0 Å². The molecule has 2 aromatic rings. The van der Waals surface area contributed by atoms with Gasteiger partial charge in [0.25, 0.3) is 0 Å². The summed E-state index contributed by atoms with van der Waals surface area (Å²) < 4.78 is 13.7. The maximum absolute atomic E-state index is 13.7. The smallest absolute Gasteiger partial charge is 0.123 e. The second kappa shape index (κ2) is 8.88. The van der Waals surface area contributed by atoms with Gasteiger partial charge in [0.15, 0.2) is 0 Å². The molecule has 2 nitrogen and oxygen atoms in total. The number of rotatable bonds is 8. The second-order valence-electron chi connectivity index (χ2n) is 7.02. The van der Waals surface area contributed by atoms with Gasteiger partial charge in [-0.2, -0.15) is 0 Å². The number of hydrogen-bond donors (Lipinski definition) is 1. The molecule has 2 rings (SSSR count). The Bertz CT molecular complexity index is 732. The summed E-state index contributed by atoms with van der Waals surface area (Å²) in [5.41, 5.74) is 9.90. The third-order valence-electron chi connectivity index (χ3n) is 5.35. The number of nitrogen functional groups attached to an aromatic ring is 1. The maximum atomic E-state index is 13.7. The lowest BCUT2D eigenvalue weighted by Crippen LogP contribution is -2.22. The van der Waals surface area contributed by atoms with Crippen LogP contribution < -0.4 is 10.6 Å². The molecule has 0 radical (unpaired) electrons. The van der Waals surface area contributed by atoms with Gasteiger partial charge in [-0.1, -0.05) is 38.1 Å². The van der Waals surface area contributed by atoms with Crippen molar-refractivity contribution >= 4 is 17.5 Å². The molecule has 0 aliphatic heterocycles. The van der Waals surface area contributed by atoms with Crippen molar-refractivity contribution in [1.82, 2.24) is 0 Å². The highest BCUT2D eigenvalue weighted by Gasteiger charge is 2.25. The molecule has 140 valence electrons. The Balaban J connectivity index is 2.13. The van der Waals surface area contributed by atoms with Crippen LogP contribution in [0.25, 0.3) is 6.08 Å². The first-order valence-corrected chi connectivity index (χ1v) is 9.50. The van der Waals surface area contributed by atoms with Crippen molar-refractivity contribution in [2.45, 2.75) is 46.0 Å². The van der Waals surface area contributed by atoms with Gasteiger partial charge in [-0.05, 0) is 73.6 Å². The average Bonchev–Trinajstić information content (AvgIpc) is 2.65. The summed E-state index contributed by atoms with van der Waals surface area (Å²) in [4.78, 5) is 2.33. The standard InChI is InChI=1S/C23H31FN2/c1-5-23(4,21-17-19(24)12-15-22(21)25)16-8-9-18-10-13-20(14-11-18)26(6-2)7-3/h8-15,17H,5-7,16,25H2,1-4H3/b9-8+. The molecule has 1 atom stereocenters. The zero-order chi connectivity index (χ0) is 19.2. The van der Waals surface area contributed by atoms with E-state index in [1.807, 2.05) is 0 Å². The summed E-state index contributed by atoms with van der Waals surface area (Å²) in [5, 5.41) is 0. The molecule has 0 saturated carbocycles. The van der Waals surface area contributed by atoms with Crippen LogP contribution in [-0.4, -0.2) is 13.1 Å². The molecule has 0 saturated heterocycles. The maximum Gasteiger partial charge on any atom is 0.123 e. The fraction of sp³-hybridized carbons (Fsp3) is 0.391.